The Morgan fingerprint density at radius 2 is 2.00 bits per heavy atom. The van der Waals surface area contributed by atoms with Gasteiger partial charge in [0.2, 0.25) is 11.9 Å². The molecule has 0 aliphatic heterocycles. The summed E-state index contributed by atoms with van der Waals surface area (Å²) in [4.78, 5) is 12.1. The standard InChI is InChI=1S/C9H17N5O2/c1-6(4-5-15)11-8-12-7(10-2)13-9(14-8)16-3/h6,15H,4-5H2,1-3H3,(H2,10,11,12,13,14). The number of hydrogen-bond donors (Lipinski definition) is 3. The summed E-state index contributed by atoms with van der Waals surface area (Å²) in [6, 6.07) is 0.333. The molecule has 0 saturated heterocycles. The molecule has 0 amide bonds. The van der Waals surface area contributed by atoms with E-state index in [4.69, 9.17) is 9.84 Å². The molecular weight excluding hydrogens is 210 g/mol. The van der Waals surface area contributed by atoms with E-state index in [0.717, 1.165) is 0 Å². The molecule has 1 atom stereocenters. The van der Waals surface area contributed by atoms with Crippen LogP contribution < -0.4 is 15.4 Å². The minimum atomic E-state index is 0.0850. The molecule has 90 valence electrons. The summed E-state index contributed by atoms with van der Waals surface area (Å²) in [7, 11) is 3.21. The highest BCUT2D eigenvalue weighted by Gasteiger charge is 2.08. The summed E-state index contributed by atoms with van der Waals surface area (Å²) >= 11 is 0. The van der Waals surface area contributed by atoms with Gasteiger partial charge in [-0.2, -0.15) is 15.0 Å². The van der Waals surface area contributed by atoms with Gasteiger partial charge in [0.1, 0.15) is 0 Å². The van der Waals surface area contributed by atoms with E-state index in [2.05, 4.69) is 25.6 Å². The molecule has 0 fully saturated rings. The average molecular weight is 227 g/mol. The van der Waals surface area contributed by atoms with Crippen molar-refractivity contribution in [1.82, 2.24) is 15.0 Å². The predicted molar refractivity (Wildman–Crippen MR) is 60.7 cm³/mol. The van der Waals surface area contributed by atoms with E-state index < -0.39 is 0 Å². The van der Waals surface area contributed by atoms with Crippen LogP contribution in [0.3, 0.4) is 0 Å². The van der Waals surface area contributed by atoms with E-state index in [0.29, 0.717) is 18.3 Å². The smallest absolute Gasteiger partial charge is 0.322 e. The van der Waals surface area contributed by atoms with Gasteiger partial charge >= 0.3 is 6.01 Å². The maximum Gasteiger partial charge on any atom is 0.322 e. The van der Waals surface area contributed by atoms with Crippen molar-refractivity contribution in [3.8, 4) is 6.01 Å². The summed E-state index contributed by atoms with van der Waals surface area (Å²) in [6.07, 6.45) is 0.628. The van der Waals surface area contributed by atoms with Crippen molar-refractivity contribution in [3.63, 3.8) is 0 Å². The lowest BCUT2D eigenvalue weighted by Gasteiger charge is -2.13. The Hall–Kier alpha value is -1.63. The number of anilines is 2. The van der Waals surface area contributed by atoms with Crippen LogP contribution in [0, 0.1) is 0 Å². The summed E-state index contributed by atoms with van der Waals surface area (Å²) in [5.74, 6) is 0.864. The lowest BCUT2D eigenvalue weighted by Crippen LogP contribution is -2.19. The number of nitrogens with zero attached hydrogens (tertiary/aromatic N) is 3. The molecule has 0 bridgehead atoms. The van der Waals surface area contributed by atoms with E-state index in [1.807, 2.05) is 6.92 Å². The first-order chi connectivity index (χ1) is 7.69. The van der Waals surface area contributed by atoms with Crippen molar-refractivity contribution < 1.29 is 9.84 Å². The van der Waals surface area contributed by atoms with Crippen LogP contribution in [0.5, 0.6) is 6.01 Å². The number of ether oxygens (including phenoxy) is 1. The maximum atomic E-state index is 8.79. The molecule has 0 aliphatic rings. The van der Waals surface area contributed by atoms with Crippen LogP contribution >= 0.6 is 0 Å². The first kappa shape index (κ1) is 12.4. The van der Waals surface area contributed by atoms with Crippen molar-refractivity contribution in [1.29, 1.82) is 0 Å². The van der Waals surface area contributed by atoms with Crippen LogP contribution in [0.25, 0.3) is 0 Å². The van der Waals surface area contributed by atoms with Crippen molar-refractivity contribution in [2.75, 3.05) is 31.4 Å². The molecule has 0 aliphatic carbocycles. The van der Waals surface area contributed by atoms with Crippen LogP contribution in [-0.4, -0.2) is 46.9 Å². The second-order valence-corrected chi connectivity index (χ2v) is 3.28. The molecule has 7 nitrogen and oxygen atoms in total. The average Bonchev–Trinajstić information content (AvgIpc) is 2.28. The number of aromatic nitrogens is 3. The predicted octanol–water partition coefficient (Wildman–Crippen LogP) is 0.105. The monoisotopic (exact) mass is 227 g/mol. The SMILES string of the molecule is CNc1nc(NC(C)CCO)nc(OC)n1. The van der Waals surface area contributed by atoms with Gasteiger partial charge in [-0.25, -0.2) is 0 Å². The highest BCUT2D eigenvalue weighted by molar-refractivity contribution is 5.35. The highest BCUT2D eigenvalue weighted by Crippen LogP contribution is 2.11. The number of aliphatic hydroxyl groups excluding tert-OH is 1. The van der Waals surface area contributed by atoms with Gasteiger partial charge in [-0.15, -0.1) is 0 Å². The Labute approximate surface area is 94.3 Å². The number of rotatable bonds is 6. The van der Waals surface area contributed by atoms with Gasteiger partial charge in [-0.3, -0.25) is 0 Å². The molecule has 1 rings (SSSR count). The van der Waals surface area contributed by atoms with Crippen LogP contribution in [0.15, 0.2) is 0 Å². The lowest BCUT2D eigenvalue weighted by molar-refractivity contribution is 0.282. The zero-order chi connectivity index (χ0) is 12.0. The minimum Gasteiger partial charge on any atom is -0.467 e. The Morgan fingerprint density at radius 3 is 2.56 bits per heavy atom. The van der Waals surface area contributed by atoms with E-state index >= 15 is 0 Å². The largest absolute Gasteiger partial charge is 0.467 e. The third kappa shape index (κ3) is 3.50. The fourth-order valence-corrected chi connectivity index (χ4v) is 1.11. The molecule has 0 spiro atoms. The van der Waals surface area contributed by atoms with Gasteiger partial charge in [-0.1, -0.05) is 0 Å². The molecule has 1 heterocycles. The maximum absolute atomic E-state index is 8.79. The number of aliphatic hydroxyl groups is 1. The Morgan fingerprint density at radius 1 is 1.31 bits per heavy atom. The fraction of sp³-hybridized carbons (Fsp3) is 0.667. The van der Waals surface area contributed by atoms with Crippen LogP contribution in [0.2, 0.25) is 0 Å². The normalized spacial score (nSPS) is 12.0. The molecule has 1 unspecified atom stereocenters. The Bertz CT molecular complexity index is 311. The van der Waals surface area contributed by atoms with Crippen LogP contribution in [-0.2, 0) is 0 Å². The molecule has 0 radical (unpaired) electrons. The first-order valence-electron chi connectivity index (χ1n) is 5.04. The lowest BCUT2D eigenvalue weighted by atomic mass is 10.2. The third-order valence-corrected chi connectivity index (χ3v) is 1.96. The first-order valence-corrected chi connectivity index (χ1v) is 5.04. The molecule has 3 N–H and O–H groups in total. The number of hydrogen-bond acceptors (Lipinski definition) is 7. The van der Waals surface area contributed by atoms with Crippen molar-refractivity contribution in [3.05, 3.63) is 0 Å². The van der Waals surface area contributed by atoms with Crippen LogP contribution in [0.1, 0.15) is 13.3 Å². The minimum absolute atomic E-state index is 0.0850. The molecule has 0 aromatic carbocycles. The molecule has 1 aromatic rings. The van der Waals surface area contributed by atoms with Crippen molar-refractivity contribution in [2.45, 2.75) is 19.4 Å². The molecule has 0 saturated carbocycles. The van der Waals surface area contributed by atoms with Gasteiger partial charge in [0.05, 0.1) is 7.11 Å². The summed E-state index contributed by atoms with van der Waals surface area (Å²) in [5.41, 5.74) is 0. The quantitative estimate of drug-likeness (QED) is 0.635. The molecule has 16 heavy (non-hydrogen) atoms. The fourth-order valence-electron chi connectivity index (χ4n) is 1.11. The summed E-state index contributed by atoms with van der Waals surface area (Å²) in [6.45, 7) is 2.06. The van der Waals surface area contributed by atoms with Gasteiger partial charge in [-0.05, 0) is 13.3 Å². The molecule has 1 aromatic heterocycles. The second kappa shape index (κ2) is 6.06. The zero-order valence-electron chi connectivity index (χ0n) is 9.69. The summed E-state index contributed by atoms with van der Waals surface area (Å²) < 4.78 is 4.95. The van der Waals surface area contributed by atoms with Gasteiger partial charge < -0.3 is 20.5 Å². The van der Waals surface area contributed by atoms with E-state index in [9.17, 15) is 0 Å². The van der Waals surface area contributed by atoms with Crippen LogP contribution in [0.4, 0.5) is 11.9 Å². The van der Waals surface area contributed by atoms with Gasteiger partial charge in [0.25, 0.3) is 0 Å². The molecular formula is C9H17N5O2. The molecule has 7 heteroatoms. The number of methoxy groups -OCH3 is 1. The van der Waals surface area contributed by atoms with E-state index in [1.54, 1.807) is 7.05 Å². The third-order valence-electron chi connectivity index (χ3n) is 1.96. The van der Waals surface area contributed by atoms with Gasteiger partial charge in [0, 0.05) is 19.7 Å². The van der Waals surface area contributed by atoms with E-state index in [-0.39, 0.29) is 18.7 Å². The number of nitrogens with one attached hydrogen (secondary N) is 2. The van der Waals surface area contributed by atoms with Crippen molar-refractivity contribution >= 4 is 11.9 Å². The van der Waals surface area contributed by atoms with Crippen molar-refractivity contribution in [2.24, 2.45) is 0 Å². The Balaban J connectivity index is 2.78. The zero-order valence-corrected chi connectivity index (χ0v) is 9.69. The topological polar surface area (TPSA) is 92.2 Å². The van der Waals surface area contributed by atoms with E-state index in [1.165, 1.54) is 7.11 Å². The Kier molecular flexibility index (Phi) is 4.71. The highest BCUT2D eigenvalue weighted by atomic mass is 16.5. The van der Waals surface area contributed by atoms with Gasteiger partial charge in [0.15, 0.2) is 0 Å². The second-order valence-electron chi connectivity index (χ2n) is 3.28. The summed E-state index contributed by atoms with van der Waals surface area (Å²) in [5, 5.41) is 14.7.